The van der Waals surface area contributed by atoms with Crippen molar-refractivity contribution in [3.05, 3.63) is 46.9 Å². The third kappa shape index (κ3) is 3.31. The number of rotatable bonds is 5. The molecule has 10 nitrogen and oxygen atoms in total. The SMILES string of the molecule is CCCNC(=O)c1nc2c(N3CCC(n4c(=O)[nH]c5ccccc54)CC3)ncnc2n1C. The normalized spacial score (nSPS) is 15.0. The monoisotopic (exact) mass is 434 g/mol. The minimum atomic E-state index is -0.212. The molecule has 0 saturated carbocycles. The van der Waals surface area contributed by atoms with Gasteiger partial charge in [0.15, 0.2) is 17.0 Å². The first-order chi connectivity index (χ1) is 15.6. The molecular weight excluding hydrogens is 408 g/mol. The summed E-state index contributed by atoms with van der Waals surface area (Å²) in [5.41, 5.74) is 2.99. The van der Waals surface area contributed by atoms with E-state index in [0.29, 0.717) is 23.5 Å². The molecule has 0 spiro atoms. The van der Waals surface area contributed by atoms with Crippen LogP contribution in [0.15, 0.2) is 35.4 Å². The molecule has 3 aromatic heterocycles. The van der Waals surface area contributed by atoms with Crippen LogP contribution in [0, 0.1) is 0 Å². The zero-order valence-corrected chi connectivity index (χ0v) is 18.2. The number of anilines is 1. The number of fused-ring (bicyclic) bond motifs is 2. The molecule has 166 valence electrons. The zero-order chi connectivity index (χ0) is 22.2. The second kappa shape index (κ2) is 8.10. The van der Waals surface area contributed by atoms with Crippen LogP contribution < -0.4 is 15.9 Å². The number of aryl methyl sites for hydroxylation is 1. The molecular formula is C22H26N8O2. The van der Waals surface area contributed by atoms with Crippen LogP contribution in [-0.2, 0) is 7.05 Å². The Hall–Kier alpha value is -3.69. The van der Waals surface area contributed by atoms with E-state index in [2.05, 4.69) is 30.2 Å². The van der Waals surface area contributed by atoms with E-state index in [0.717, 1.165) is 49.2 Å². The summed E-state index contributed by atoms with van der Waals surface area (Å²) < 4.78 is 3.59. The van der Waals surface area contributed by atoms with Crippen LogP contribution in [0.25, 0.3) is 22.2 Å². The Morgan fingerprint density at radius 3 is 2.78 bits per heavy atom. The molecule has 1 aliphatic rings. The van der Waals surface area contributed by atoms with Gasteiger partial charge >= 0.3 is 5.69 Å². The Morgan fingerprint density at radius 2 is 2.00 bits per heavy atom. The van der Waals surface area contributed by atoms with E-state index in [-0.39, 0.29) is 17.6 Å². The van der Waals surface area contributed by atoms with Crippen molar-refractivity contribution in [3.63, 3.8) is 0 Å². The van der Waals surface area contributed by atoms with Crippen LogP contribution in [0.4, 0.5) is 5.82 Å². The molecule has 32 heavy (non-hydrogen) atoms. The fourth-order valence-electron chi connectivity index (χ4n) is 4.51. The number of amides is 1. The second-order valence-corrected chi connectivity index (χ2v) is 8.16. The maximum atomic E-state index is 12.6. The fraction of sp³-hybridized carbons (Fsp3) is 0.409. The predicted molar refractivity (Wildman–Crippen MR) is 122 cm³/mol. The first-order valence-corrected chi connectivity index (χ1v) is 11.0. The van der Waals surface area contributed by atoms with Crippen molar-refractivity contribution in [2.45, 2.75) is 32.2 Å². The number of nitrogens with zero attached hydrogens (tertiary/aromatic N) is 6. The van der Waals surface area contributed by atoms with Gasteiger partial charge in [0.2, 0.25) is 5.82 Å². The number of hydrogen-bond acceptors (Lipinski definition) is 6. The van der Waals surface area contributed by atoms with Gasteiger partial charge in [0, 0.05) is 32.7 Å². The Balaban J connectivity index is 1.41. The smallest absolute Gasteiger partial charge is 0.326 e. The van der Waals surface area contributed by atoms with Crippen molar-refractivity contribution in [3.8, 4) is 0 Å². The highest BCUT2D eigenvalue weighted by Gasteiger charge is 2.27. The van der Waals surface area contributed by atoms with Gasteiger partial charge in [-0.3, -0.25) is 9.36 Å². The van der Waals surface area contributed by atoms with Crippen LogP contribution in [0.1, 0.15) is 42.8 Å². The van der Waals surface area contributed by atoms with Crippen molar-refractivity contribution in [2.75, 3.05) is 24.5 Å². The maximum absolute atomic E-state index is 12.6. The molecule has 2 N–H and O–H groups in total. The summed E-state index contributed by atoms with van der Waals surface area (Å²) in [6, 6.07) is 7.90. The predicted octanol–water partition coefficient (Wildman–Crippen LogP) is 1.99. The number of carbonyl (C=O) groups excluding carboxylic acids is 1. The van der Waals surface area contributed by atoms with Gasteiger partial charge in [0.05, 0.1) is 11.0 Å². The van der Waals surface area contributed by atoms with Crippen LogP contribution in [-0.4, -0.2) is 54.6 Å². The molecule has 0 aliphatic carbocycles. The molecule has 4 aromatic rings. The van der Waals surface area contributed by atoms with Crippen LogP contribution >= 0.6 is 0 Å². The number of para-hydroxylation sites is 2. The van der Waals surface area contributed by atoms with Crippen LogP contribution in [0.2, 0.25) is 0 Å². The fourth-order valence-corrected chi connectivity index (χ4v) is 4.51. The molecule has 10 heteroatoms. The van der Waals surface area contributed by atoms with E-state index in [9.17, 15) is 9.59 Å². The average molecular weight is 435 g/mol. The van der Waals surface area contributed by atoms with E-state index >= 15 is 0 Å². The summed E-state index contributed by atoms with van der Waals surface area (Å²) in [4.78, 5) is 43.6. The minimum absolute atomic E-state index is 0.0680. The maximum Gasteiger partial charge on any atom is 0.326 e. The molecule has 1 amide bonds. The molecule has 0 atom stereocenters. The molecule has 1 fully saturated rings. The van der Waals surface area contributed by atoms with Gasteiger partial charge in [-0.1, -0.05) is 19.1 Å². The quantitative estimate of drug-likeness (QED) is 0.497. The summed E-state index contributed by atoms with van der Waals surface area (Å²) in [6.45, 7) is 4.07. The van der Waals surface area contributed by atoms with Gasteiger partial charge in [-0.25, -0.2) is 19.7 Å². The number of aromatic nitrogens is 6. The molecule has 1 aliphatic heterocycles. The molecule has 0 unspecified atom stereocenters. The highest BCUT2D eigenvalue weighted by Crippen LogP contribution is 2.30. The third-order valence-corrected chi connectivity index (χ3v) is 6.13. The van der Waals surface area contributed by atoms with Gasteiger partial charge in [0.1, 0.15) is 6.33 Å². The lowest BCUT2D eigenvalue weighted by Crippen LogP contribution is -2.37. The van der Waals surface area contributed by atoms with Gasteiger partial charge in [-0.2, -0.15) is 0 Å². The van der Waals surface area contributed by atoms with Crippen molar-refractivity contribution in [1.82, 2.24) is 34.4 Å². The molecule has 1 aromatic carbocycles. The van der Waals surface area contributed by atoms with E-state index in [1.807, 2.05) is 35.8 Å². The van der Waals surface area contributed by atoms with Crippen molar-refractivity contribution >= 4 is 33.9 Å². The lowest BCUT2D eigenvalue weighted by atomic mass is 10.0. The van der Waals surface area contributed by atoms with Crippen molar-refractivity contribution in [2.24, 2.45) is 7.05 Å². The van der Waals surface area contributed by atoms with Crippen molar-refractivity contribution < 1.29 is 4.79 Å². The van der Waals surface area contributed by atoms with Crippen LogP contribution in [0.3, 0.4) is 0 Å². The van der Waals surface area contributed by atoms with Crippen LogP contribution in [0.5, 0.6) is 0 Å². The number of imidazole rings is 2. The number of carbonyl (C=O) groups is 1. The summed E-state index contributed by atoms with van der Waals surface area (Å²) >= 11 is 0. The molecule has 5 rings (SSSR count). The Morgan fingerprint density at radius 1 is 1.22 bits per heavy atom. The van der Waals surface area contributed by atoms with Gasteiger partial charge in [0.25, 0.3) is 5.91 Å². The van der Waals surface area contributed by atoms with E-state index in [1.165, 1.54) is 6.33 Å². The highest BCUT2D eigenvalue weighted by molar-refractivity contribution is 5.96. The summed E-state index contributed by atoms with van der Waals surface area (Å²) in [6.07, 6.45) is 3.99. The molecule has 0 radical (unpaired) electrons. The number of piperidine rings is 1. The molecule has 4 heterocycles. The van der Waals surface area contributed by atoms with Gasteiger partial charge < -0.3 is 19.8 Å². The van der Waals surface area contributed by atoms with E-state index in [1.54, 1.807) is 11.6 Å². The largest absolute Gasteiger partial charge is 0.355 e. The lowest BCUT2D eigenvalue weighted by Gasteiger charge is -2.33. The van der Waals surface area contributed by atoms with Gasteiger partial charge in [-0.15, -0.1) is 0 Å². The number of hydrogen-bond donors (Lipinski definition) is 2. The van der Waals surface area contributed by atoms with E-state index < -0.39 is 0 Å². The summed E-state index contributed by atoms with van der Waals surface area (Å²) in [5.74, 6) is 0.844. The third-order valence-electron chi connectivity index (χ3n) is 6.13. The highest BCUT2D eigenvalue weighted by atomic mass is 16.2. The second-order valence-electron chi connectivity index (χ2n) is 8.16. The minimum Gasteiger partial charge on any atom is -0.355 e. The topological polar surface area (TPSA) is 114 Å². The summed E-state index contributed by atoms with van der Waals surface area (Å²) in [5, 5.41) is 2.87. The van der Waals surface area contributed by atoms with Gasteiger partial charge in [-0.05, 0) is 31.4 Å². The number of H-pyrrole nitrogens is 1. The number of benzene rings is 1. The Bertz CT molecular complexity index is 1340. The van der Waals surface area contributed by atoms with Crippen molar-refractivity contribution in [1.29, 1.82) is 0 Å². The molecule has 0 bridgehead atoms. The number of aromatic amines is 1. The lowest BCUT2D eigenvalue weighted by molar-refractivity contribution is 0.0940. The first-order valence-electron chi connectivity index (χ1n) is 11.0. The average Bonchev–Trinajstić information content (AvgIpc) is 3.34. The standard InChI is InChI=1S/C22H26N8O2/c1-3-10-23-21(31)20-27-17-18(28(20)2)24-13-25-19(17)29-11-8-14(9-12-29)30-16-7-5-4-6-15(16)26-22(30)32/h4-7,13-14H,3,8-12H2,1-2H3,(H,23,31)(H,26,32). The molecule has 1 saturated heterocycles. The summed E-state index contributed by atoms with van der Waals surface area (Å²) in [7, 11) is 1.79. The first kappa shape index (κ1) is 20.2. The Labute approximate surface area is 184 Å². The number of nitrogens with one attached hydrogen (secondary N) is 2. The Kier molecular flexibility index (Phi) is 5.12. The zero-order valence-electron chi connectivity index (χ0n) is 18.2. The van der Waals surface area contributed by atoms with E-state index in [4.69, 9.17) is 0 Å².